The molecule has 0 aromatic rings. The van der Waals surface area contributed by atoms with Gasteiger partial charge in [0.2, 0.25) is 0 Å². The molecule has 126 valence electrons. The van der Waals surface area contributed by atoms with Crippen molar-refractivity contribution >= 4 is 5.97 Å². The van der Waals surface area contributed by atoms with Gasteiger partial charge in [0.1, 0.15) is 6.04 Å². The number of nitrogens with zero attached hydrogens (tertiary/aromatic N) is 1. The van der Waals surface area contributed by atoms with Gasteiger partial charge < -0.3 is 10.2 Å². The first-order valence-electron chi connectivity index (χ1n) is 8.71. The van der Waals surface area contributed by atoms with Crippen LogP contribution in [-0.2, 0) is 4.79 Å². The van der Waals surface area contributed by atoms with E-state index in [4.69, 9.17) is 10.2 Å². The van der Waals surface area contributed by atoms with Gasteiger partial charge >= 0.3 is 5.97 Å². The van der Waals surface area contributed by atoms with Crippen molar-refractivity contribution in [3.63, 3.8) is 0 Å². The summed E-state index contributed by atoms with van der Waals surface area (Å²) in [5.74, 6) is -0.810. The zero-order valence-corrected chi connectivity index (χ0v) is 14.0. The molecule has 0 rings (SSSR count). The van der Waals surface area contributed by atoms with Crippen LogP contribution < -0.4 is 0 Å². The molecule has 4 heteroatoms. The van der Waals surface area contributed by atoms with Crippen LogP contribution in [0.25, 0.3) is 0 Å². The fourth-order valence-corrected chi connectivity index (χ4v) is 2.59. The van der Waals surface area contributed by atoms with Crippen molar-refractivity contribution in [3.05, 3.63) is 0 Å². The van der Waals surface area contributed by atoms with Crippen LogP contribution in [-0.4, -0.2) is 46.8 Å². The molecule has 1 atom stereocenters. The summed E-state index contributed by atoms with van der Waals surface area (Å²) in [5, 5.41) is 18.0. The maximum atomic E-state index is 11.0. The Morgan fingerprint density at radius 2 is 1.38 bits per heavy atom. The quantitative estimate of drug-likeness (QED) is 0.453. The van der Waals surface area contributed by atoms with Crippen LogP contribution in [0.5, 0.6) is 0 Å². The number of carbonyl (C=O) groups is 1. The summed E-state index contributed by atoms with van der Waals surface area (Å²) in [5.41, 5.74) is 0. The highest BCUT2D eigenvalue weighted by atomic mass is 16.4. The molecule has 0 heterocycles. The molecule has 0 saturated carbocycles. The third-order valence-electron chi connectivity index (χ3n) is 4.09. The first kappa shape index (κ1) is 20.4. The highest BCUT2D eigenvalue weighted by molar-refractivity contribution is 5.72. The highest BCUT2D eigenvalue weighted by Gasteiger charge is 2.19. The molecule has 0 fully saturated rings. The lowest BCUT2D eigenvalue weighted by atomic mass is 10.1. The molecule has 0 spiro atoms. The van der Waals surface area contributed by atoms with Crippen molar-refractivity contribution in [2.75, 3.05) is 19.7 Å². The summed E-state index contributed by atoms with van der Waals surface area (Å²) in [6, 6.07) is -0.504. The molecule has 0 aromatic carbocycles. The first-order chi connectivity index (χ1) is 10.1. The van der Waals surface area contributed by atoms with E-state index in [1.165, 1.54) is 51.4 Å². The minimum Gasteiger partial charge on any atom is -0.480 e. The van der Waals surface area contributed by atoms with E-state index in [1.54, 1.807) is 6.92 Å². The number of aliphatic hydroxyl groups is 1. The Hall–Kier alpha value is -0.610. The van der Waals surface area contributed by atoms with Crippen molar-refractivity contribution in [2.24, 2.45) is 0 Å². The van der Waals surface area contributed by atoms with E-state index < -0.39 is 12.0 Å². The van der Waals surface area contributed by atoms with Crippen LogP contribution in [0, 0.1) is 0 Å². The van der Waals surface area contributed by atoms with Gasteiger partial charge in [0.25, 0.3) is 0 Å². The normalized spacial score (nSPS) is 12.8. The number of hydrogen-bond acceptors (Lipinski definition) is 3. The molecule has 21 heavy (non-hydrogen) atoms. The lowest BCUT2D eigenvalue weighted by molar-refractivity contribution is -0.142. The van der Waals surface area contributed by atoms with E-state index in [1.807, 2.05) is 4.90 Å². The van der Waals surface area contributed by atoms with Crippen LogP contribution in [0.1, 0.15) is 78.1 Å². The molecule has 0 saturated heterocycles. The van der Waals surface area contributed by atoms with Crippen molar-refractivity contribution in [1.29, 1.82) is 0 Å². The average Bonchev–Trinajstić information content (AvgIpc) is 2.47. The van der Waals surface area contributed by atoms with Gasteiger partial charge in [0, 0.05) is 6.54 Å². The smallest absolute Gasteiger partial charge is 0.320 e. The minimum atomic E-state index is -0.810. The third-order valence-corrected chi connectivity index (χ3v) is 4.09. The van der Waals surface area contributed by atoms with Crippen molar-refractivity contribution in [2.45, 2.75) is 84.1 Å². The van der Waals surface area contributed by atoms with E-state index >= 15 is 0 Å². The van der Waals surface area contributed by atoms with Crippen LogP contribution in [0.3, 0.4) is 0 Å². The molecule has 0 radical (unpaired) electrons. The number of unbranched alkanes of at least 4 members (excludes halogenated alkanes) is 9. The van der Waals surface area contributed by atoms with Gasteiger partial charge in [0.15, 0.2) is 0 Å². The number of aliphatic carboxylic acids is 1. The van der Waals surface area contributed by atoms with Crippen molar-refractivity contribution < 1.29 is 15.0 Å². The van der Waals surface area contributed by atoms with E-state index in [0.717, 1.165) is 19.4 Å². The van der Waals surface area contributed by atoms with E-state index in [0.29, 0.717) is 6.54 Å². The van der Waals surface area contributed by atoms with Gasteiger partial charge in [-0.1, -0.05) is 64.7 Å². The van der Waals surface area contributed by atoms with E-state index in [2.05, 4.69) is 6.92 Å². The molecule has 2 N–H and O–H groups in total. The summed E-state index contributed by atoms with van der Waals surface area (Å²) < 4.78 is 0. The van der Waals surface area contributed by atoms with Crippen LogP contribution in [0.15, 0.2) is 0 Å². The van der Waals surface area contributed by atoms with Gasteiger partial charge in [0.05, 0.1) is 6.61 Å². The zero-order chi connectivity index (χ0) is 15.9. The van der Waals surface area contributed by atoms with Crippen LogP contribution >= 0.6 is 0 Å². The number of carboxylic acid groups (broad SMARTS) is 1. The van der Waals surface area contributed by atoms with E-state index in [9.17, 15) is 4.79 Å². The zero-order valence-electron chi connectivity index (χ0n) is 14.0. The van der Waals surface area contributed by atoms with Crippen molar-refractivity contribution in [3.8, 4) is 0 Å². The molecular formula is C17H35NO3. The van der Waals surface area contributed by atoms with Crippen molar-refractivity contribution in [1.82, 2.24) is 4.90 Å². The van der Waals surface area contributed by atoms with Gasteiger partial charge in [-0.25, -0.2) is 0 Å². The summed E-state index contributed by atoms with van der Waals surface area (Å²) >= 11 is 0. The molecule has 0 aliphatic rings. The first-order valence-corrected chi connectivity index (χ1v) is 8.71. The molecule has 1 unspecified atom stereocenters. The predicted octanol–water partition coefficient (Wildman–Crippen LogP) is 3.67. The summed E-state index contributed by atoms with van der Waals surface area (Å²) in [6.45, 7) is 5.17. The SMILES string of the molecule is CCCCCCCCCCCCN(CCO)C(C)C(=O)O. The standard InChI is InChI=1S/C17H35NO3/c1-3-4-5-6-7-8-9-10-11-12-13-18(14-15-19)16(2)17(20)21/h16,19H,3-15H2,1-2H3,(H,20,21). The summed E-state index contributed by atoms with van der Waals surface area (Å²) in [4.78, 5) is 12.8. The fraction of sp³-hybridized carbons (Fsp3) is 0.941. The Bertz CT molecular complexity index is 246. The lowest BCUT2D eigenvalue weighted by Gasteiger charge is -2.25. The highest BCUT2D eigenvalue weighted by Crippen LogP contribution is 2.11. The monoisotopic (exact) mass is 301 g/mol. The largest absolute Gasteiger partial charge is 0.480 e. The van der Waals surface area contributed by atoms with Crippen LogP contribution in [0.4, 0.5) is 0 Å². The van der Waals surface area contributed by atoms with Gasteiger partial charge in [-0.05, 0) is 19.9 Å². The number of rotatable bonds is 15. The second-order valence-electron chi connectivity index (χ2n) is 5.96. The Morgan fingerprint density at radius 3 is 1.81 bits per heavy atom. The van der Waals surface area contributed by atoms with Crippen LogP contribution in [0.2, 0.25) is 0 Å². The van der Waals surface area contributed by atoms with Gasteiger partial charge in [-0.2, -0.15) is 0 Å². The predicted molar refractivity (Wildman–Crippen MR) is 87.6 cm³/mol. The molecule has 0 aromatic heterocycles. The Morgan fingerprint density at radius 1 is 0.905 bits per heavy atom. The topological polar surface area (TPSA) is 60.8 Å². The summed E-state index contributed by atoms with van der Waals surface area (Å²) in [6.07, 6.45) is 12.8. The molecule has 0 aliphatic carbocycles. The minimum absolute atomic E-state index is 0.0232. The molecular weight excluding hydrogens is 266 g/mol. The second-order valence-corrected chi connectivity index (χ2v) is 5.96. The Balaban J connectivity index is 3.52. The third kappa shape index (κ3) is 11.7. The van der Waals surface area contributed by atoms with Gasteiger partial charge in [-0.15, -0.1) is 0 Å². The molecule has 0 bridgehead atoms. The molecule has 4 nitrogen and oxygen atoms in total. The lowest BCUT2D eigenvalue weighted by Crippen LogP contribution is -2.41. The van der Waals surface area contributed by atoms with E-state index in [-0.39, 0.29) is 6.61 Å². The Labute approximate surface area is 130 Å². The van der Waals surface area contributed by atoms with Gasteiger partial charge in [-0.3, -0.25) is 9.69 Å². The molecule has 0 amide bonds. The fourth-order valence-electron chi connectivity index (χ4n) is 2.59. The maximum Gasteiger partial charge on any atom is 0.320 e. The number of hydrogen-bond donors (Lipinski definition) is 2. The second kappa shape index (κ2) is 14.3. The number of carboxylic acids is 1. The Kier molecular flexibility index (Phi) is 13.9. The average molecular weight is 301 g/mol. The molecule has 0 aliphatic heterocycles. The number of aliphatic hydroxyl groups excluding tert-OH is 1. The summed E-state index contributed by atoms with van der Waals surface area (Å²) in [7, 11) is 0. The maximum absolute atomic E-state index is 11.0.